The molecule has 0 saturated carbocycles. The van der Waals surface area contributed by atoms with Crippen molar-refractivity contribution < 1.29 is 14.3 Å². The summed E-state index contributed by atoms with van der Waals surface area (Å²) in [7, 11) is 3.15. The molecule has 0 spiro atoms. The van der Waals surface area contributed by atoms with Gasteiger partial charge in [-0.2, -0.15) is 0 Å². The number of ketones is 1. The van der Waals surface area contributed by atoms with Crippen molar-refractivity contribution in [1.29, 1.82) is 0 Å². The zero-order chi connectivity index (χ0) is 15.7. The quantitative estimate of drug-likeness (QED) is 0.438. The molecule has 0 bridgehead atoms. The lowest BCUT2D eigenvalue weighted by Crippen LogP contribution is -1.95. The summed E-state index contributed by atoms with van der Waals surface area (Å²) in [6.45, 7) is 5.13. The average molecular weight is 285 g/mol. The predicted octanol–water partition coefficient (Wildman–Crippen LogP) is 3.45. The Hall–Kier alpha value is -2.62. The van der Waals surface area contributed by atoms with Gasteiger partial charge in [-0.15, -0.1) is 0 Å². The van der Waals surface area contributed by atoms with E-state index in [1.54, 1.807) is 51.5 Å². The van der Waals surface area contributed by atoms with E-state index in [0.29, 0.717) is 17.1 Å². The molecule has 110 valence electrons. The first-order valence-electron chi connectivity index (χ1n) is 6.39. The zero-order valence-corrected chi connectivity index (χ0v) is 12.5. The van der Waals surface area contributed by atoms with Gasteiger partial charge in [0, 0.05) is 11.8 Å². The van der Waals surface area contributed by atoms with Gasteiger partial charge in [0.15, 0.2) is 17.3 Å². The Kier molecular flexibility index (Phi) is 6.68. The fraction of sp³-hybridized carbons (Fsp3) is 0.176. The van der Waals surface area contributed by atoms with Gasteiger partial charge in [-0.3, -0.25) is 9.79 Å². The standard InChI is InChI=1S/C17H19NO3/c1-5-14(10-11-18-2)15(19)8-6-13-7-9-16(20-3)17(12-13)21-4/h5-12H,2H2,1,3-4H3. The van der Waals surface area contributed by atoms with Crippen LogP contribution in [0.5, 0.6) is 11.5 Å². The van der Waals surface area contributed by atoms with Crippen LogP contribution in [0.3, 0.4) is 0 Å². The van der Waals surface area contributed by atoms with E-state index in [9.17, 15) is 4.79 Å². The molecule has 1 rings (SSSR count). The number of ether oxygens (including phenoxy) is 2. The van der Waals surface area contributed by atoms with Gasteiger partial charge >= 0.3 is 0 Å². The largest absolute Gasteiger partial charge is 0.493 e. The molecular weight excluding hydrogens is 266 g/mol. The van der Waals surface area contributed by atoms with Crippen LogP contribution >= 0.6 is 0 Å². The number of aliphatic imine (C=N–C) groups is 1. The Bertz CT molecular complexity index is 598. The van der Waals surface area contributed by atoms with Crippen molar-refractivity contribution in [2.24, 2.45) is 4.99 Å². The summed E-state index contributed by atoms with van der Waals surface area (Å²) < 4.78 is 10.4. The first-order valence-corrected chi connectivity index (χ1v) is 6.39. The van der Waals surface area contributed by atoms with E-state index >= 15 is 0 Å². The molecule has 4 nitrogen and oxygen atoms in total. The van der Waals surface area contributed by atoms with Gasteiger partial charge in [0.25, 0.3) is 0 Å². The van der Waals surface area contributed by atoms with Crippen LogP contribution in [0.1, 0.15) is 12.5 Å². The van der Waals surface area contributed by atoms with Gasteiger partial charge in [0.05, 0.1) is 14.2 Å². The van der Waals surface area contributed by atoms with E-state index in [0.717, 1.165) is 5.56 Å². The van der Waals surface area contributed by atoms with Crippen molar-refractivity contribution in [3.63, 3.8) is 0 Å². The SMILES string of the molecule is C=NC=CC(=CC)C(=O)C=Cc1ccc(OC)c(OC)c1. The molecule has 0 aliphatic carbocycles. The number of rotatable bonds is 7. The van der Waals surface area contributed by atoms with Gasteiger partial charge in [-0.1, -0.05) is 18.2 Å². The van der Waals surface area contributed by atoms with Crippen LogP contribution in [0, 0.1) is 0 Å². The Balaban J connectivity index is 2.92. The van der Waals surface area contributed by atoms with Gasteiger partial charge in [-0.05, 0) is 43.5 Å². The van der Waals surface area contributed by atoms with Crippen molar-refractivity contribution in [2.75, 3.05) is 14.2 Å². The van der Waals surface area contributed by atoms with E-state index < -0.39 is 0 Å². The summed E-state index contributed by atoms with van der Waals surface area (Å²) >= 11 is 0. The van der Waals surface area contributed by atoms with Crippen LogP contribution < -0.4 is 9.47 Å². The number of benzene rings is 1. The van der Waals surface area contributed by atoms with Crippen LogP contribution in [0.4, 0.5) is 0 Å². The van der Waals surface area contributed by atoms with Gasteiger partial charge in [0.2, 0.25) is 0 Å². The highest BCUT2D eigenvalue weighted by molar-refractivity contribution is 6.08. The molecule has 0 atom stereocenters. The second kappa shape index (κ2) is 8.53. The molecule has 0 radical (unpaired) electrons. The fourth-order valence-electron chi connectivity index (χ4n) is 1.68. The van der Waals surface area contributed by atoms with Crippen LogP contribution in [0.25, 0.3) is 6.08 Å². The fourth-order valence-corrected chi connectivity index (χ4v) is 1.68. The van der Waals surface area contributed by atoms with Crippen molar-refractivity contribution in [2.45, 2.75) is 6.92 Å². The molecule has 0 N–H and O–H groups in total. The zero-order valence-electron chi connectivity index (χ0n) is 12.5. The molecule has 0 aliphatic rings. The van der Waals surface area contributed by atoms with Gasteiger partial charge in [0.1, 0.15) is 0 Å². The third-order valence-corrected chi connectivity index (χ3v) is 2.79. The van der Waals surface area contributed by atoms with Gasteiger partial charge in [-0.25, -0.2) is 0 Å². The van der Waals surface area contributed by atoms with E-state index in [4.69, 9.17) is 9.47 Å². The smallest absolute Gasteiger partial charge is 0.185 e. The monoisotopic (exact) mass is 285 g/mol. The number of allylic oxidation sites excluding steroid dienone is 4. The maximum atomic E-state index is 12.0. The van der Waals surface area contributed by atoms with Crippen LogP contribution in [0.15, 0.2) is 53.2 Å². The van der Waals surface area contributed by atoms with Crippen molar-refractivity contribution in [3.8, 4) is 11.5 Å². The Morgan fingerprint density at radius 1 is 1.19 bits per heavy atom. The van der Waals surface area contributed by atoms with E-state index in [1.807, 2.05) is 6.07 Å². The highest BCUT2D eigenvalue weighted by Crippen LogP contribution is 2.28. The third kappa shape index (κ3) is 4.76. The number of hydrogen-bond donors (Lipinski definition) is 0. The highest BCUT2D eigenvalue weighted by Gasteiger charge is 2.04. The topological polar surface area (TPSA) is 47.9 Å². The second-order valence-electron chi connectivity index (χ2n) is 4.05. The average Bonchev–Trinajstić information content (AvgIpc) is 2.53. The Labute approximate surface area is 125 Å². The van der Waals surface area contributed by atoms with Crippen molar-refractivity contribution in [1.82, 2.24) is 0 Å². The number of nitrogens with zero attached hydrogens (tertiary/aromatic N) is 1. The molecule has 0 unspecified atom stereocenters. The van der Waals surface area contributed by atoms with E-state index in [1.165, 1.54) is 12.3 Å². The van der Waals surface area contributed by atoms with Crippen LogP contribution in [0.2, 0.25) is 0 Å². The minimum Gasteiger partial charge on any atom is -0.493 e. The molecule has 0 aliphatic heterocycles. The predicted molar refractivity (Wildman–Crippen MR) is 86.0 cm³/mol. The lowest BCUT2D eigenvalue weighted by Gasteiger charge is -2.07. The molecule has 1 aromatic rings. The summed E-state index contributed by atoms with van der Waals surface area (Å²) in [5.41, 5.74) is 1.40. The van der Waals surface area contributed by atoms with E-state index in [2.05, 4.69) is 11.7 Å². The highest BCUT2D eigenvalue weighted by atomic mass is 16.5. The third-order valence-electron chi connectivity index (χ3n) is 2.79. The number of methoxy groups -OCH3 is 2. The van der Waals surface area contributed by atoms with E-state index in [-0.39, 0.29) is 5.78 Å². The normalized spacial score (nSPS) is 11.9. The van der Waals surface area contributed by atoms with Crippen LogP contribution in [-0.2, 0) is 4.79 Å². The van der Waals surface area contributed by atoms with Crippen LogP contribution in [-0.4, -0.2) is 26.7 Å². The number of carbonyl (C=O) groups excluding carboxylic acids is 1. The molecule has 21 heavy (non-hydrogen) atoms. The molecule has 0 amide bonds. The summed E-state index contributed by atoms with van der Waals surface area (Å²) in [6.07, 6.45) is 8.06. The minimum atomic E-state index is -0.104. The van der Waals surface area contributed by atoms with Gasteiger partial charge < -0.3 is 9.47 Å². The number of carbonyl (C=O) groups is 1. The summed E-state index contributed by atoms with van der Waals surface area (Å²) in [5.74, 6) is 1.16. The maximum absolute atomic E-state index is 12.0. The Morgan fingerprint density at radius 3 is 2.48 bits per heavy atom. The molecule has 0 fully saturated rings. The number of hydrogen-bond acceptors (Lipinski definition) is 4. The summed E-state index contributed by atoms with van der Waals surface area (Å²) in [4.78, 5) is 15.6. The van der Waals surface area contributed by atoms with Crippen molar-refractivity contribution >= 4 is 18.6 Å². The first kappa shape index (κ1) is 16.4. The lowest BCUT2D eigenvalue weighted by molar-refractivity contribution is -0.111. The molecule has 0 heterocycles. The molecule has 1 aromatic carbocycles. The molecular formula is C17H19NO3. The maximum Gasteiger partial charge on any atom is 0.185 e. The van der Waals surface area contributed by atoms with Crippen molar-refractivity contribution in [3.05, 3.63) is 53.8 Å². The molecule has 0 saturated heterocycles. The lowest BCUT2D eigenvalue weighted by atomic mass is 10.1. The minimum absolute atomic E-state index is 0.104. The summed E-state index contributed by atoms with van der Waals surface area (Å²) in [5, 5.41) is 0. The second-order valence-corrected chi connectivity index (χ2v) is 4.05. The Morgan fingerprint density at radius 2 is 1.90 bits per heavy atom. The molecule has 4 heteroatoms. The summed E-state index contributed by atoms with van der Waals surface area (Å²) in [6, 6.07) is 5.45. The molecule has 0 aromatic heterocycles. The first-order chi connectivity index (χ1) is 10.2.